The molecule has 2 atom stereocenters. The van der Waals surface area contributed by atoms with Crippen molar-refractivity contribution in [2.75, 3.05) is 23.3 Å². The van der Waals surface area contributed by atoms with Crippen LogP contribution in [-0.2, 0) is 0 Å². The van der Waals surface area contributed by atoms with E-state index < -0.39 is 6.10 Å². The van der Waals surface area contributed by atoms with Crippen LogP contribution in [0.4, 0.5) is 21.9 Å². The Hall–Kier alpha value is -3.99. The smallest absolute Gasteiger partial charge is 0.331 e. The standard InChI is InChI=1S/C26H23N5O4S/c32-20-14-27-12-10-18(20)29-24(33)23-22-21-19(11-13-28-25(21)36-23)31(26(34)30-22)15-6-8-17(9-7-15)35-16-4-2-1-3-5-16/h1-9,11,13,18,20,27,32H,10,12,14H2,(H,29,33)(H,30,34)/t18-,20-/m0/s1. The molecule has 4 N–H and O–H groups in total. The molecule has 2 aromatic carbocycles. The lowest BCUT2D eigenvalue weighted by atomic mass is 10.0. The van der Waals surface area contributed by atoms with Gasteiger partial charge in [-0.15, -0.1) is 11.3 Å². The molecule has 6 rings (SSSR count). The molecule has 182 valence electrons. The lowest BCUT2D eigenvalue weighted by Gasteiger charge is -2.30. The zero-order valence-electron chi connectivity index (χ0n) is 19.1. The van der Waals surface area contributed by atoms with Gasteiger partial charge in [0.25, 0.3) is 5.91 Å². The third kappa shape index (κ3) is 4.05. The fourth-order valence-electron chi connectivity index (χ4n) is 4.53. The number of β-amino-alcohol motifs (C(OH)–C–C–N with tert-alkyl or cyclic N) is 1. The summed E-state index contributed by atoms with van der Waals surface area (Å²) in [5.41, 5.74) is 1.75. The lowest BCUT2D eigenvalue weighted by molar-refractivity contribution is 0.0769. The number of aliphatic hydroxyl groups is 1. The van der Waals surface area contributed by atoms with Crippen LogP contribution in [0.15, 0.2) is 66.9 Å². The van der Waals surface area contributed by atoms with Crippen molar-refractivity contribution >= 4 is 50.6 Å². The van der Waals surface area contributed by atoms with E-state index in [1.165, 1.54) is 11.3 Å². The summed E-state index contributed by atoms with van der Waals surface area (Å²) in [6.45, 7) is 1.14. The molecule has 10 heteroatoms. The number of anilines is 3. The highest BCUT2D eigenvalue weighted by atomic mass is 32.1. The minimum absolute atomic E-state index is 0.332. The number of carbonyl (C=O) groups excluding carboxylic acids is 2. The topological polar surface area (TPSA) is 116 Å². The number of piperidine rings is 1. The minimum Gasteiger partial charge on any atom is -0.457 e. The van der Waals surface area contributed by atoms with Crippen LogP contribution < -0.4 is 25.6 Å². The summed E-state index contributed by atoms with van der Waals surface area (Å²) in [6.07, 6.45) is 1.59. The fraction of sp³-hybridized carbons (Fsp3) is 0.192. The van der Waals surface area contributed by atoms with E-state index >= 15 is 0 Å². The maximum absolute atomic E-state index is 13.3. The van der Waals surface area contributed by atoms with Gasteiger partial charge in [0, 0.05) is 12.7 Å². The van der Waals surface area contributed by atoms with Crippen LogP contribution in [0.1, 0.15) is 16.1 Å². The molecule has 0 saturated carbocycles. The molecule has 4 aromatic rings. The highest BCUT2D eigenvalue weighted by Gasteiger charge is 2.34. The van der Waals surface area contributed by atoms with Crippen LogP contribution in [0, 0.1) is 0 Å². The molecule has 0 spiro atoms. The van der Waals surface area contributed by atoms with E-state index in [1.54, 1.807) is 29.3 Å². The SMILES string of the molecule is O=C(N[C@H]1CCNC[C@@H]1O)c1sc2nccc3c2c1NC(=O)N3c1ccc(Oc2ccccc2)cc1. The van der Waals surface area contributed by atoms with E-state index in [-0.39, 0.29) is 18.0 Å². The number of nitrogens with one attached hydrogen (secondary N) is 3. The van der Waals surface area contributed by atoms with Gasteiger partial charge in [0.2, 0.25) is 0 Å². The summed E-state index contributed by atoms with van der Waals surface area (Å²) < 4.78 is 5.87. The monoisotopic (exact) mass is 501 g/mol. The number of nitrogens with zero attached hydrogens (tertiary/aromatic N) is 2. The molecule has 1 fully saturated rings. The van der Waals surface area contributed by atoms with E-state index in [2.05, 4.69) is 20.9 Å². The number of hydrogen-bond donors (Lipinski definition) is 4. The molecule has 0 aliphatic carbocycles. The van der Waals surface area contributed by atoms with Crippen molar-refractivity contribution in [3.63, 3.8) is 0 Å². The van der Waals surface area contributed by atoms with E-state index in [0.29, 0.717) is 57.4 Å². The predicted molar refractivity (Wildman–Crippen MR) is 138 cm³/mol. The molecule has 1 saturated heterocycles. The van der Waals surface area contributed by atoms with Crippen molar-refractivity contribution in [2.45, 2.75) is 18.6 Å². The number of aromatic nitrogens is 1. The van der Waals surface area contributed by atoms with Crippen molar-refractivity contribution in [1.82, 2.24) is 15.6 Å². The lowest BCUT2D eigenvalue weighted by Crippen LogP contribution is -2.52. The normalized spacial score (nSPS) is 19.1. The Morgan fingerprint density at radius 3 is 2.67 bits per heavy atom. The summed E-state index contributed by atoms with van der Waals surface area (Å²) in [5.74, 6) is 1.04. The molecular formula is C26H23N5O4S. The number of pyridine rings is 1. The van der Waals surface area contributed by atoms with E-state index in [9.17, 15) is 14.7 Å². The third-order valence-electron chi connectivity index (χ3n) is 6.29. The fourth-order valence-corrected chi connectivity index (χ4v) is 5.56. The zero-order valence-corrected chi connectivity index (χ0v) is 19.9. The Morgan fingerprint density at radius 1 is 1.11 bits per heavy atom. The summed E-state index contributed by atoms with van der Waals surface area (Å²) >= 11 is 1.22. The average molecular weight is 502 g/mol. The van der Waals surface area contributed by atoms with Crippen LogP contribution in [0.3, 0.4) is 0 Å². The number of thiophene rings is 1. The predicted octanol–water partition coefficient (Wildman–Crippen LogP) is 4.22. The molecule has 2 aromatic heterocycles. The summed E-state index contributed by atoms with van der Waals surface area (Å²) in [4.78, 5) is 33.5. The van der Waals surface area contributed by atoms with Crippen LogP contribution in [0.2, 0.25) is 0 Å². The first kappa shape index (κ1) is 22.5. The van der Waals surface area contributed by atoms with Gasteiger partial charge >= 0.3 is 6.03 Å². The molecule has 2 aliphatic rings. The first-order valence-corrected chi connectivity index (χ1v) is 12.5. The Balaban J connectivity index is 1.31. The molecule has 0 radical (unpaired) electrons. The molecule has 36 heavy (non-hydrogen) atoms. The molecule has 9 nitrogen and oxygen atoms in total. The Labute approximate surface area is 210 Å². The van der Waals surface area contributed by atoms with Gasteiger partial charge in [0.05, 0.1) is 34.6 Å². The zero-order chi connectivity index (χ0) is 24.6. The number of hydrogen-bond acceptors (Lipinski definition) is 7. The van der Waals surface area contributed by atoms with Crippen LogP contribution in [0.5, 0.6) is 11.5 Å². The molecule has 4 heterocycles. The van der Waals surface area contributed by atoms with Crippen molar-refractivity contribution in [2.24, 2.45) is 0 Å². The minimum atomic E-state index is -0.666. The number of rotatable bonds is 5. The molecular weight excluding hydrogens is 478 g/mol. The highest BCUT2D eigenvalue weighted by Crippen LogP contribution is 2.45. The second-order valence-electron chi connectivity index (χ2n) is 8.63. The van der Waals surface area contributed by atoms with Gasteiger partial charge in [0.1, 0.15) is 21.2 Å². The van der Waals surface area contributed by atoms with Gasteiger partial charge < -0.3 is 25.8 Å². The maximum Gasteiger partial charge on any atom is 0.331 e. The third-order valence-corrected chi connectivity index (χ3v) is 7.39. The van der Waals surface area contributed by atoms with Gasteiger partial charge in [-0.3, -0.25) is 9.69 Å². The quantitative estimate of drug-likeness (QED) is 0.325. The summed E-state index contributed by atoms with van der Waals surface area (Å²) in [5, 5.41) is 19.8. The van der Waals surface area contributed by atoms with Crippen LogP contribution in [0.25, 0.3) is 10.2 Å². The highest BCUT2D eigenvalue weighted by molar-refractivity contribution is 7.21. The van der Waals surface area contributed by atoms with Gasteiger partial charge in [-0.1, -0.05) is 18.2 Å². The van der Waals surface area contributed by atoms with Gasteiger partial charge in [-0.05, 0) is 55.4 Å². The first-order chi connectivity index (χ1) is 17.6. The number of amides is 3. The largest absolute Gasteiger partial charge is 0.457 e. The van der Waals surface area contributed by atoms with Crippen molar-refractivity contribution in [3.05, 3.63) is 71.7 Å². The van der Waals surface area contributed by atoms with Crippen molar-refractivity contribution in [1.29, 1.82) is 0 Å². The number of carbonyl (C=O) groups is 2. The second kappa shape index (κ2) is 9.23. The summed E-state index contributed by atoms with van der Waals surface area (Å²) in [7, 11) is 0. The van der Waals surface area contributed by atoms with Gasteiger partial charge in [-0.25, -0.2) is 9.78 Å². The maximum atomic E-state index is 13.3. The van der Waals surface area contributed by atoms with Crippen LogP contribution >= 0.6 is 11.3 Å². The number of urea groups is 1. The summed E-state index contributed by atoms with van der Waals surface area (Å²) in [6, 6.07) is 17.7. The molecule has 2 aliphatic heterocycles. The number of aliphatic hydroxyl groups excluding tert-OH is 1. The number of benzene rings is 2. The Kier molecular flexibility index (Phi) is 5.76. The Morgan fingerprint density at radius 2 is 1.89 bits per heavy atom. The second-order valence-corrected chi connectivity index (χ2v) is 9.63. The van der Waals surface area contributed by atoms with E-state index in [4.69, 9.17) is 4.74 Å². The van der Waals surface area contributed by atoms with Crippen molar-refractivity contribution < 1.29 is 19.4 Å². The number of para-hydroxylation sites is 1. The van der Waals surface area contributed by atoms with Gasteiger partial charge in [-0.2, -0.15) is 0 Å². The average Bonchev–Trinajstić information content (AvgIpc) is 3.26. The van der Waals surface area contributed by atoms with E-state index in [0.717, 1.165) is 5.75 Å². The molecule has 0 unspecified atom stereocenters. The molecule has 3 amide bonds. The Bertz CT molecular complexity index is 1440. The van der Waals surface area contributed by atoms with Gasteiger partial charge in [0.15, 0.2) is 0 Å². The van der Waals surface area contributed by atoms with Crippen molar-refractivity contribution in [3.8, 4) is 11.5 Å². The van der Waals surface area contributed by atoms with Crippen LogP contribution in [-0.4, -0.2) is 47.3 Å². The number of ether oxygens (including phenoxy) is 1. The molecule has 0 bridgehead atoms. The van der Waals surface area contributed by atoms with E-state index in [1.807, 2.05) is 42.5 Å². The first-order valence-electron chi connectivity index (χ1n) is 11.6.